The van der Waals surface area contributed by atoms with E-state index in [-0.39, 0.29) is 24.1 Å². The predicted octanol–water partition coefficient (Wildman–Crippen LogP) is 3.64. The fraction of sp³-hybridized carbons (Fsp3) is 0.500. The Bertz CT molecular complexity index is 972. The number of carbonyl (C=O) groups excluding carboxylic acids is 2. The van der Waals surface area contributed by atoms with Gasteiger partial charge in [-0.15, -0.1) is 11.6 Å². The fourth-order valence-corrected chi connectivity index (χ4v) is 4.42. The number of nitrogens with one attached hydrogen (secondary N) is 1. The Balaban J connectivity index is 1.79. The van der Waals surface area contributed by atoms with E-state index in [1.165, 1.54) is 13.3 Å². The number of hydrogen-bond acceptors (Lipinski definition) is 5. The minimum absolute atomic E-state index is 0.0334. The molecule has 0 aromatic carbocycles. The third-order valence-electron chi connectivity index (χ3n) is 5.62. The second kappa shape index (κ2) is 9.48. The van der Waals surface area contributed by atoms with Crippen LogP contribution in [0.3, 0.4) is 0 Å². The molecule has 1 saturated carbocycles. The monoisotopic (exact) mass is 474 g/mol. The molecule has 0 radical (unpaired) electrons. The first-order valence-corrected chi connectivity index (χ1v) is 10.5. The number of carbonyl (C=O) groups is 2. The molecule has 3 atom stereocenters. The van der Waals surface area contributed by atoms with Gasteiger partial charge in [-0.3, -0.25) is 4.79 Å². The Morgan fingerprint density at radius 1 is 1.42 bits per heavy atom. The summed E-state index contributed by atoms with van der Waals surface area (Å²) < 4.78 is 30.8. The van der Waals surface area contributed by atoms with E-state index in [0.29, 0.717) is 28.2 Å². The molecule has 0 spiro atoms. The molecule has 2 aromatic heterocycles. The number of esters is 1. The minimum atomic E-state index is -2.80. The van der Waals surface area contributed by atoms with Crippen molar-refractivity contribution in [1.82, 2.24) is 20.1 Å². The highest BCUT2D eigenvalue weighted by Crippen LogP contribution is 2.62. The predicted molar refractivity (Wildman–Crippen MR) is 110 cm³/mol. The summed E-state index contributed by atoms with van der Waals surface area (Å²) in [6.45, 7) is -0.976. The zero-order chi connectivity index (χ0) is 22.8. The molecule has 168 valence electrons. The molecule has 11 heteroatoms. The van der Waals surface area contributed by atoms with E-state index in [0.717, 1.165) is 17.5 Å². The molecular formula is C20H22Cl2F2N4O3. The summed E-state index contributed by atoms with van der Waals surface area (Å²) in [5.41, 5.74) is 1.21. The van der Waals surface area contributed by atoms with Crippen molar-refractivity contribution in [3.8, 4) is 0 Å². The quantitative estimate of drug-likeness (QED) is 0.340. The van der Waals surface area contributed by atoms with Crippen molar-refractivity contribution in [1.29, 1.82) is 0 Å². The van der Waals surface area contributed by atoms with Crippen LogP contribution in [0.5, 0.6) is 0 Å². The zero-order valence-corrected chi connectivity index (χ0v) is 18.5. The van der Waals surface area contributed by atoms with E-state index < -0.39 is 24.0 Å². The van der Waals surface area contributed by atoms with E-state index in [1.807, 2.05) is 13.0 Å². The molecule has 1 aliphatic carbocycles. The van der Waals surface area contributed by atoms with E-state index in [4.69, 9.17) is 27.9 Å². The number of rotatable bonds is 9. The van der Waals surface area contributed by atoms with Crippen LogP contribution in [0.2, 0.25) is 5.15 Å². The molecule has 0 saturated heterocycles. The highest BCUT2D eigenvalue weighted by Gasteiger charge is 2.60. The number of amides is 1. The number of ether oxygens (including phenoxy) is 1. The summed E-state index contributed by atoms with van der Waals surface area (Å²) >= 11 is 11.9. The molecule has 1 N–H and O–H groups in total. The molecule has 31 heavy (non-hydrogen) atoms. The number of aryl methyl sites for hydroxylation is 1. The molecule has 1 aliphatic rings. The third-order valence-corrected chi connectivity index (χ3v) is 6.02. The van der Waals surface area contributed by atoms with Crippen molar-refractivity contribution in [2.75, 3.05) is 13.0 Å². The lowest BCUT2D eigenvalue weighted by molar-refractivity contribution is -0.145. The fourth-order valence-electron chi connectivity index (χ4n) is 3.89. The minimum Gasteiger partial charge on any atom is -0.467 e. The number of pyridine rings is 1. The molecule has 2 heterocycles. The van der Waals surface area contributed by atoms with Crippen LogP contribution in [-0.2, 0) is 20.7 Å². The van der Waals surface area contributed by atoms with Crippen molar-refractivity contribution in [2.24, 2.45) is 5.41 Å². The van der Waals surface area contributed by atoms with Crippen LogP contribution in [0.15, 0.2) is 24.5 Å². The SMILES string of the molecule is COC(=O)[C@@H](Cc1cnn(C(F)F)c1)NC(=O)[C@@]1(CCCl)C[C@@H]1c1ccc(Cl)nc1C. The van der Waals surface area contributed by atoms with E-state index in [9.17, 15) is 18.4 Å². The molecule has 0 bridgehead atoms. The van der Waals surface area contributed by atoms with Crippen molar-refractivity contribution in [2.45, 2.75) is 44.7 Å². The van der Waals surface area contributed by atoms with Gasteiger partial charge in [0.25, 0.3) is 0 Å². The highest BCUT2D eigenvalue weighted by molar-refractivity contribution is 6.29. The summed E-state index contributed by atoms with van der Waals surface area (Å²) in [6.07, 6.45) is 3.28. The standard InChI is InChI=1S/C20H22Cl2F2N4O3/c1-11-13(3-4-16(22)26-11)14-8-20(14,5-6-21)18(30)27-15(17(29)31-2)7-12-9-25-28(10-12)19(23)24/h3-4,9-10,14-15,19H,5-8H2,1-2H3,(H,27,30)/t14-,15-,20+/m1/s1. The van der Waals surface area contributed by atoms with Crippen LogP contribution < -0.4 is 5.32 Å². The topological polar surface area (TPSA) is 86.1 Å². The van der Waals surface area contributed by atoms with Gasteiger partial charge in [-0.25, -0.2) is 14.5 Å². The molecule has 3 rings (SSSR count). The van der Waals surface area contributed by atoms with Crippen molar-refractivity contribution < 1.29 is 23.1 Å². The van der Waals surface area contributed by atoms with E-state index >= 15 is 0 Å². The van der Waals surface area contributed by atoms with Crippen molar-refractivity contribution >= 4 is 35.1 Å². The first kappa shape index (κ1) is 23.4. The highest BCUT2D eigenvalue weighted by atomic mass is 35.5. The average molecular weight is 475 g/mol. The Labute approximate surface area is 188 Å². The molecule has 2 aromatic rings. The van der Waals surface area contributed by atoms with Crippen molar-refractivity contribution in [3.63, 3.8) is 0 Å². The van der Waals surface area contributed by atoms with Gasteiger partial charge in [-0.1, -0.05) is 17.7 Å². The molecular weight excluding hydrogens is 453 g/mol. The summed E-state index contributed by atoms with van der Waals surface area (Å²) in [5, 5.41) is 6.65. The van der Waals surface area contributed by atoms with Gasteiger partial charge in [-0.05, 0) is 37.0 Å². The number of hydrogen-bond donors (Lipinski definition) is 1. The molecule has 0 unspecified atom stereocenters. The summed E-state index contributed by atoms with van der Waals surface area (Å²) in [5.74, 6) is -0.880. The Morgan fingerprint density at radius 3 is 2.74 bits per heavy atom. The summed E-state index contributed by atoms with van der Waals surface area (Å²) in [7, 11) is 1.20. The molecule has 1 amide bonds. The lowest BCUT2D eigenvalue weighted by atomic mass is 9.93. The van der Waals surface area contributed by atoms with Crippen LogP contribution >= 0.6 is 23.2 Å². The second-order valence-corrected chi connectivity index (χ2v) is 8.29. The van der Waals surface area contributed by atoms with Crippen LogP contribution in [0, 0.1) is 12.3 Å². The van der Waals surface area contributed by atoms with Crippen LogP contribution in [0.1, 0.15) is 42.1 Å². The van der Waals surface area contributed by atoms with Crippen LogP contribution in [-0.4, -0.2) is 45.7 Å². The Kier molecular flexibility index (Phi) is 7.16. The van der Waals surface area contributed by atoms with Crippen molar-refractivity contribution in [3.05, 3.63) is 46.5 Å². The molecule has 1 fully saturated rings. The van der Waals surface area contributed by atoms with Gasteiger partial charge < -0.3 is 10.1 Å². The molecule has 7 nitrogen and oxygen atoms in total. The Morgan fingerprint density at radius 2 is 2.16 bits per heavy atom. The largest absolute Gasteiger partial charge is 0.467 e. The van der Waals surface area contributed by atoms with E-state index in [2.05, 4.69) is 15.4 Å². The van der Waals surface area contributed by atoms with Crippen LogP contribution in [0.4, 0.5) is 8.78 Å². The number of aromatic nitrogens is 3. The van der Waals surface area contributed by atoms with Gasteiger partial charge in [0.2, 0.25) is 5.91 Å². The maximum absolute atomic E-state index is 13.2. The first-order valence-electron chi connectivity index (χ1n) is 9.61. The molecule has 0 aliphatic heterocycles. The van der Waals surface area contributed by atoms with E-state index in [1.54, 1.807) is 6.07 Å². The maximum Gasteiger partial charge on any atom is 0.333 e. The van der Waals surface area contributed by atoms with Gasteiger partial charge in [0, 0.05) is 30.1 Å². The third kappa shape index (κ3) is 4.98. The smallest absolute Gasteiger partial charge is 0.333 e. The van der Waals surface area contributed by atoms with Gasteiger partial charge >= 0.3 is 12.5 Å². The van der Waals surface area contributed by atoms with Gasteiger partial charge in [-0.2, -0.15) is 13.9 Å². The number of nitrogens with zero attached hydrogens (tertiary/aromatic N) is 3. The number of alkyl halides is 3. The number of methoxy groups -OCH3 is 1. The van der Waals surface area contributed by atoms with Gasteiger partial charge in [0.15, 0.2) is 0 Å². The first-order chi connectivity index (χ1) is 14.7. The average Bonchev–Trinajstić information content (AvgIpc) is 3.24. The van der Waals surface area contributed by atoms with Gasteiger partial charge in [0.05, 0.1) is 18.7 Å². The normalized spacial score (nSPS) is 21.1. The zero-order valence-electron chi connectivity index (χ0n) is 16.9. The summed E-state index contributed by atoms with van der Waals surface area (Å²) in [4.78, 5) is 29.8. The lowest BCUT2D eigenvalue weighted by Gasteiger charge is -2.22. The maximum atomic E-state index is 13.2. The van der Waals surface area contributed by atoms with Crippen LogP contribution in [0.25, 0.3) is 0 Å². The lowest BCUT2D eigenvalue weighted by Crippen LogP contribution is -2.46. The number of halogens is 4. The second-order valence-electron chi connectivity index (χ2n) is 7.52. The van der Waals surface area contributed by atoms with Gasteiger partial charge in [0.1, 0.15) is 11.2 Å². The Hall–Kier alpha value is -2.26. The summed E-state index contributed by atoms with van der Waals surface area (Å²) in [6, 6.07) is 2.46.